The van der Waals surface area contributed by atoms with Crippen molar-refractivity contribution in [3.05, 3.63) is 90.1 Å². The summed E-state index contributed by atoms with van der Waals surface area (Å²) in [7, 11) is 3.16. The van der Waals surface area contributed by atoms with Gasteiger partial charge in [0, 0.05) is 51.4 Å². The summed E-state index contributed by atoms with van der Waals surface area (Å²) in [6, 6.07) is 15.0. The molecule has 81 heavy (non-hydrogen) atoms. The largest absolute Gasteiger partial charge is 0.447 e. The number of nitrogens with zero attached hydrogens (tertiary/aromatic N) is 2. The number of hydrazine groups is 1. The third-order valence-corrected chi connectivity index (χ3v) is 11.4. The van der Waals surface area contributed by atoms with Crippen molar-refractivity contribution in [2.45, 2.75) is 78.5 Å². The minimum absolute atomic E-state index is 0.00703. The molecule has 0 saturated carbocycles. The van der Waals surface area contributed by atoms with Crippen molar-refractivity contribution in [3.63, 3.8) is 0 Å². The van der Waals surface area contributed by atoms with E-state index < -0.39 is 92.8 Å². The number of alkyl carbamates (subject to hydrolysis) is 2. The zero-order chi connectivity index (χ0) is 66.5. The molecule has 0 bridgehead atoms. The quantitative estimate of drug-likeness (QED) is 0.0389. The zero-order valence-corrected chi connectivity index (χ0v) is 47.5. The number of methoxy groups -OCH3 is 2. The Kier molecular flexibility index (Phi) is 28.8. The van der Waals surface area contributed by atoms with E-state index in [1.807, 2.05) is 17.4 Å². The van der Waals surface area contributed by atoms with E-state index in [-0.39, 0.29) is 72.4 Å². The number of pyridine rings is 1. The molecule has 2 aromatic carbocycles. The smallest absolute Gasteiger partial charge is 0.407 e. The van der Waals surface area contributed by atoms with E-state index in [4.69, 9.17) is 69.2 Å². The highest BCUT2D eigenvalue weighted by molar-refractivity contribution is 5.87. The average molecular weight is 1150 g/mol. The predicted octanol–water partition coefficient (Wildman–Crippen LogP) is 4.38. The fourth-order valence-corrected chi connectivity index (χ4v) is 7.23. The molecule has 1 heterocycles. The summed E-state index contributed by atoms with van der Waals surface area (Å²) in [5.41, 5.74) is 0.310. The molecule has 4 amide bonds. The maximum absolute atomic E-state index is 14.9. The van der Waals surface area contributed by atoms with Crippen molar-refractivity contribution in [2.75, 3.05) is 153 Å². The maximum atomic E-state index is 14.9. The summed E-state index contributed by atoms with van der Waals surface area (Å²) in [5.74, 6) is -2.40. The molecule has 0 aliphatic carbocycles. The molecule has 0 radical (unpaired) electrons. The summed E-state index contributed by atoms with van der Waals surface area (Å²) in [6.07, 6.45) is -2.93. The number of ether oxygens (including phenoxy) is 12. The lowest BCUT2D eigenvalue weighted by atomic mass is 9.85. The first-order valence-electron chi connectivity index (χ1n) is 31.3. The van der Waals surface area contributed by atoms with Gasteiger partial charge < -0.3 is 77.9 Å². The monoisotopic (exact) mass is 1150 g/mol. The van der Waals surface area contributed by atoms with Gasteiger partial charge in [0.05, 0.1) is 137 Å². The highest BCUT2D eigenvalue weighted by atomic mass is 16.6. The summed E-state index contributed by atoms with van der Waals surface area (Å²) >= 11 is 0. The van der Waals surface area contributed by atoms with Gasteiger partial charge in [0.1, 0.15) is 25.3 Å². The Balaban J connectivity index is 1.86. The zero-order valence-electron chi connectivity index (χ0n) is 56.5. The van der Waals surface area contributed by atoms with E-state index in [0.717, 1.165) is 5.56 Å². The molecule has 0 fully saturated rings. The van der Waals surface area contributed by atoms with E-state index in [1.54, 1.807) is 102 Å². The van der Waals surface area contributed by atoms with Crippen molar-refractivity contribution in [3.8, 4) is 11.3 Å². The van der Waals surface area contributed by atoms with Gasteiger partial charge in [-0.05, 0) is 40.5 Å². The number of aliphatic hydroxyl groups excluding tert-OH is 1. The minimum Gasteiger partial charge on any atom is -0.447 e. The molecule has 0 unspecified atom stereocenters. The molecule has 0 aliphatic rings. The number of carbonyl (C=O) groups excluding carboxylic acids is 4. The third kappa shape index (κ3) is 32.1. The Hall–Kier alpha value is -5.41. The van der Waals surface area contributed by atoms with E-state index >= 15 is 0 Å². The number of amides is 4. The number of hydrogen-bond acceptors (Lipinski definition) is 19. The molecule has 3 rings (SSSR count). The molecule has 0 saturated heterocycles. The molecule has 3 aromatic rings. The normalized spacial score (nSPS) is 15.4. The number of aromatic nitrogens is 1. The molecule has 23 heteroatoms. The van der Waals surface area contributed by atoms with Crippen LogP contribution in [0.5, 0.6) is 0 Å². The molecule has 4 atom stereocenters. The van der Waals surface area contributed by atoms with Crippen LogP contribution < -0.4 is 21.4 Å². The van der Waals surface area contributed by atoms with Crippen LogP contribution in [0.3, 0.4) is 0 Å². The number of carbonyl (C=O) groups is 4. The van der Waals surface area contributed by atoms with Gasteiger partial charge in [0.15, 0.2) is 0 Å². The fourth-order valence-electron chi connectivity index (χ4n) is 7.23. The molecule has 0 aliphatic heterocycles. The number of hydrogen-bond donors (Lipinski definition) is 5. The molecule has 0 spiro atoms. The van der Waals surface area contributed by atoms with Crippen LogP contribution >= 0.6 is 0 Å². The van der Waals surface area contributed by atoms with Crippen LogP contribution in [0.2, 0.25) is 0 Å². The van der Waals surface area contributed by atoms with Crippen LogP contribution in [0.15, 0.2) is 79.0 Å². The Labute approximate surface area is 491 Å². The second-order valence-electron chi connectivity index (χ2n) is 19.1. The van der Waals surface area contributed by atoms with E-state index in [1.165, 1.54) is 5.01 Å². The first kappa shape index (κ1) is 56.1. The van der Waals surface area contributed by atoms with Crippen molar-refractivity contribution in [1.82, 2.24) is 31.4 Å². The Bertz CT molecular complexity index is 2420. The third-order valence-electron chi connectivity index (χ3n) is 11.4. The predicted molar refractivity (Wildman–Crippen MR) is 302 cm³/mol. The summed E-state index contributed by atoms with van der Waals surface area (Å²) in [5, 5.41) is 20.7. The van der Waals surface area contributed by atoms with Crippen LogP contribution in [-0.4, -0.2) is 216 Å². The van der Waals surface area contributed by atoms with Gasteiger partial charge >= 0.3 is 12.2 Å². The second kappa shape index (κ2) is 41.6. The Morgan fingerprint density at radius 3 is 1.38 bits per heavy atom. The summed E-state index contributed by atoms with van der Waals surface area (Å²) in [6.45, 7) is -3.37. The van der Waals surface area contributed by atoms with Crippen LogP contribution in [0.1, 0.15) is 64.8 Å². The second-order valence-corrected chi connectivity index (χ2v) is 19.1. The van der Waals surface area contributed by atoms with E-state index in [0.29, 0.717) is 82.9 Å². The first-order valence-corrected chi connectivity index (χ1v) is 26.8. The van der Waals surface area contributed by atoms with Gasteiger partial charge in [-0.3, -0.25) is 20.0 Å². The van der Waals surface area contributed by atoms with Crippen LogP contribution in [0.4, 0.5) is 9.59 Å². The lowest BCUT2D eigenvalue weighted by molar-refractivity contribution is -0.132. The SMILES string of the molecule is [2H]C([2H])([2H])C([C@H](NC(=O)OCCOCCOCCOCCOCCOC)C(=O)N[C@@H](Cc1ccccc1)[C@@H](O)CN(Cc1ccc(-c2ccccn2)cc1)NC(=O)[C@@H](NC(=O)OCCOCCOCCOCCOCCOC)C(C)(C)C)(C([2H])([2H])[2H])C([2H])([2H])[2H]. The maximum Gasteiger partial charge on any atom is 0.407 e. The number of nitrogens with one attached hydrogen (secondary N) is 4. The molecule has 23 nitrogen and oxygen atoms in total. The summed E-state index contributed by atoms with van der Waals surface area (Å²) < 4.78 is 140. The topological polar surface area (TPSA) is 264 Å². The van der Waals surface area contributed by atoms with Gasteiger partial charge in [-0.1, -0.05) is 102 Å². The van der Waals surface area contributed by atoms with Crippen molar-refractivity contribution in [2.24, 2.45) is 10.8 Å². The average Bonchev–Trinajstić information content (AvgIpc) is 0.718. The number of aliphatic hydroxyl groups is 1. The van der Waals surface area contributed by atoms with Crippen molar-refractivity contribution < 1.29 is 93.5 Å². The molecular formula is C58H92N6O17. The summed E-state index contributed by atoms with van der Waals surface area (Å²) in [4.78, 5) is 60.7. The highest BCUT2D eigenvalue weighted by Crippen LogP contribution is 2.23. The van der Waals surface area contributed by atoms with Crippen LogP contribution in [0.25, 0.3) is 11.3 Å². The molecule has 5 N–H and O–H groups in total. The Morgan fingerprint density at radius 2 is 0.963 bits per heavy atom. The Morgan fingerprint density at radius 1 is 0.531 bits per heavy atom. The van der Waals surface area contributed by atoms with Crippen molar-refractivity contribution in [1.29, 1.82) is 0 Å². The van der Waals surface area contributed by atoms with Crippen LogP contribution in [0, 0.1) is 10.8 Å². The number of rotatable bonds is 44. The van der Waals surface area contributed by atoms with Gasteiger partial charge in [0.25, 0.3) is 5.91 Å². The molecule has 456 valence electrons. The van der Waals surface area contributed by atoms with E-state index in [9.17, 15) is 24.3 Å². The first-order chi connectivity index (χ1) is 42.8. The lowest BCUT2D eigenvalue weighted by Crippen LogP contribution is -2.61. The fraction of sp³-hybridized carbons (Fsp3) is 0.638. The highest BCUT2D eigenvalue weighted by Gasteiger charge is 2.37. The van der Waals surface area contributed by atoms with E-state index in [2.05, 4.69) is 21.0 Å². The minimum atomic E-state index is -4.02. The van der Waals surface area contributed by atoms with Crippen LogP contribution in [-0.2, 0) is 79.4 Å². The number of benzene rings is 2. The molecule has 1 aromatic heterocycles. The van der Waals surface area contributed by atoms with Crippen molar-refractivity contribution >= 4 is 24.0 Å². The van der Waals surface area contributed by atoms with Gasteiger partial charge in [-0.25, -0.2) is 14.6 Å². The van der Waals surface area contributed by atoms with Gasteiger partial charge in [-0.15, -0.1) is 0 Å². The van der Waals surface area contributed by atoms with Gasteiger partial charge in [0.2, 0.25) is 5.91 Å². The molecular weight excluding hydrogens is 1050 g/mol. The van der Waals surface area contributed by atoms with Gasteiger partial charge in [-0.2, -0.15) is 0 Å². The standard InChI is InChI=1S/C58H92N6O17/c1-57(2,3)51(61-55(68)80-40-38-78-36-34-76-32-30-74-28-26-72-24-22-70-7)53(66)60-49(42-45-14-10-9-11-15-45)50(65)44-64(43-46-17-19-47(20-18-46)48-16-12-13-21-59-48)63-54(67)52(58(4,5)6)62-56(69)81-41-39-79-37-35-77-33-31-75-29-27-73-25-23-71-8/h9-21,49-52,65H,22-44H2,1-8H3,(H,60,66)(H,61,68)(H,62,69)(H,63,67)/t49-,50-,51+,52+/m0/s1/i1D3,2D3,3D3. The lowest BCUT2D eigenvalue weighted by Gasteiger charge is -2.36.